The minimum absolute atomic E-state index is 0.104. The number of nitrogens with one attached hydrogen (secondary N) is 1. The minimum Gasteiger partial charge on any atom is -0.379 e. The number of halogens is 3. The molecule has 2 aromatic carbocycles. The van der Waals surface area contributed by atoms with Crippen molar-refractivity contribution in [1.82, 2.24) is 10.2 Å². The molecule has 0 aromatic heterocycles. The average Bonchev–Trinajstić information content (AvgIpc) is 3.79. The van der Waals surface area contributed by atoms with Crippen molar-refractivity contribution in [2.75, 3.05) is 26.3 Å². The van der Waals surface area contributed by atoms with Crippen LogP contribution < -0.4 is 15.8 Å². The molecule has 2 aromatic rings. The Kier molecular flexibility index (Phi) is 9.55. The molecule has 0 radical (unpaired) electrons. The van der Waals surface area contributed by atoms with E-state index in [1.54, 1.807) is 0 Å². The van der Waals surface area contributed by atoms with Crippen LogP contribution in [0.2, 0.25) is 0 Å². The van der Waals surface area contributed by atoms with E-state index >= 15 is 0 Å². The van der Waals surface area contributed by atoms with Crippen LogP contribution in [0.5, 0.6) is 0 Å². The van der Waals surface area contributed by atoms with Gasteiger partial charge in [0.25, 0.3) is 5.91 Å². The van der Waals surface area contributed by atoms with Crippen molar-refractivity contribution in [2.45, 2.75) is 58.0 Å². The van der Waals surface area contributed by atoms with Crippen molar-refractivity contribution >= 4 is 24.0 Å². The smallest absolute Gasteiger partial charge is 0.379 e. The number of carbonyl (C=O) groups is 2. The molecule has 3 aliphatic rings. The van der Waals surface area contributed by atoms with E-state index in [9.17, 15) is 22.8 Å². The standard InChI is InChI=1S/C35H39F3N2O3/c1-23-19-29-13-16-31(34(42)39-17-18-43-22-26-9-10-26)24(2)32(29)21-40(23)20-25-5-3-7-27(8-4-6-25)33(41)28-11-14-30(15-12-28)35(36,37)38/h7,11-16,19,21,25-26H,1,3-6,8-10,17-18,20,22H2,2H3,(H,39,42). The van der Waals surface area contributed by atoms with Gasteiger partial charge < -0.3 is 15.0 Å². The van der Waals surface area contributed by atoms with E-state index < -0.39 is 11.7 Å². The molecule has 0 spiro atoms. The Hall–Kier alpha value is -3.65. The summed E-state index contributed by atoms with van der Waals surface area (Å²) in [6.45, 7) is 8.80. The van der Waals surface area contributed by atoms with Crippen molar-refractivity contribution in [3.05, 3.63) is 93.0 Å². The van der Waals surface area contributed by atoms with Gasteiger partial charge in [0.15, 0.2) is 5.78 Å². The van der Waals surface area contributed by atoms with Gasteiger partial charge in [-0.1, -0.05) is 30.9 Å². The fraction of sp³-hybridized carbons (Fsp3) is 0.429. The van der Waals surface area contributed by atoms with Crippen molar-refractivity contribution < 1.29 is 27.5 Å². The highest BCUT2D eigenvalue weighted by Crippen LogP contribution is 2.31. The molecule has 1 N–H and O–H groups in total. The van der Waals surface area contributed by atoms with Crippen molar-refractivity contribution in [1.29, 1.82) is 0 Å². The first-order valence-corrected chi connectivity index (χ1v) is 15.2. The number of hydrogen-bond donors (Lipinski definition) is 1. The minimum atomic E-state index is -4.42. The number of benzene rings is 2. The van der Waals surface area contributed by atoms with Gasteiger partial charge in [-0.2, -0.15) is 13.2 Å². The summed E-state index contributed by atoms with van der Waals surface area (Å²) in [5, 5.41) is 5.03. The van der Waals surface area contributed by atoms with E-state index in [4.69, 9.17) is 4.74 Å². The first-order chi connectivity index (χ1) is 20.6. The monoisotopic (exact) mass is 592 g/mol. The lowest BCUT2D eigenvalue weighted by molar-refractivity contribution is -0.137. The number of Topliss-reactive ketones (excluding diaryl/α,β-unsaturated/α-hetero) is 1. The first kappa shape index (κ1) is 30.8. The fourth-order valence-corrected chi connectivity index (χ4v) is 5.81. The van der Waals surface area contributed by atoms with E-state index in [0.29, 0.717) is 42.5 Å². The maximum absolute atomic E-state index is 13.0. The number of rotatable bonds is 10. The summed E-state index contributed by atoms with van der Waals surface area (Å²) in [6.07, 6.45) is 8.11. The number of fused-ring (bicyclic) bond motifs is 1. The lowest BCUT2D eigenvalue weighted by Crippen LogP contribution is -2.39. The maximum Gasteiger partial charge on any atom is 0.416 e. The predicted octanol–water partition coefficient (Wildman–Crippen LogP) is 5.91. The zero-order chi connectivity index (χ0) is 30.6. The summed E-state index contributed by atoms with van der Waals surface area (Å²) in [5.41, 5.74) is 2.68. The van der Waals surface area contributed by atoms with Gasteiger partial charge in [0, 0.05) is 47.9 Å². The Morgan fingerprint density at radius 2 is 1.81 bits per heavy atom. The van der Waals surface area contributed by atoms with Gasteiger partial charge >= 0.3 is 6.18 Å². The van der Waals surface area contributed by atoms with Crippen LogP contribution in [-0.2, 0) is 10.9 Å². The molecule has 1 unspecified atom stereocenters. The molecule has 5 nitrogen and oxygen atoms in total. The average molecular weight is 593 g/mol. The van der Waals surface area contributed by atoms with Crippen molar-refractivity contribution in [3.8, 4) is 0 Å². The number of carbonyl (C=O) groups excluding carboxylic acids is 2. The summed E-state index contributed by atoms with van der Waals surface area (Å²) in [7, 11) is 0. The summed E-state index contributed by atoms with van der Waals surface area (Å²) in [4.78, 5) is 28.1. The molecule has 43 heavy (non-hydrogen) atoms. The lowest BCUT2D eigenvalue weighted by Gasteiger charge is -2.29. The summed E-state index contributed by atoms with van der Waals surface area (Å²) in [5.74, 6) is 0.777. The van der Waals surface area contributed by atoms with Crippen LogP contribution in [0.25, 0.3) is 12.3 Å². The molecule has 1 fully saturated rings. The highest BCUT2D eigenvalue weighted by atomic mass is 19.4. The number of hydrogen-bond acceptors (Lipinski definition) is 4. The second kappa shape index (κ2) is 13.3. The van der Waals surface area contributed by atoms with Crippen LogP contribution in [0.1, 0.15) is 76.8 Å². The van der Waals surface area contributed by atoms with Crippen LogP contribution in [0.15, 0.2) is 60.3 Å². The van der Waals surface area contributed by atoms with Crippen molar-refractivity contribution in [2.24, 2.45) is 11.8 Å². The highest BCUT2D eigenvalue weighted by molar-refractivity contribution is 6.08. The molecular weight excluding hydrogens is 553 g/mol. The summed E-state index contributed by atoms with van der Waals surface area (Å²) >= 11 is 0. The van der Waals surface area contributed by atoms with E-state index in [2.05, 4.69) is 29.1 Å². The van der Waals surface area contributed by atoms with E-state index in [-0.39, 0.29) is 17.3 Å². The summed E-state index contributed by atoms with van der Waals surface area (Å²) in [6, 6.07) is 8.30. The van der Waals surface area contributed by atoms with Gasteiger partial charge in [-0.3, -0.25) is 9.59 Å². The van der Waals surface area contributed by atoms with Crippen LogP contribution >= 0.6 is 0 Å². The number of nitrogens with zero attached hydrogens (tertiary/aromatic N) is 1. The molecule has 8 heteroatoms. The normalized spacial score (nSPS) is 18.9. The van der Waals surface area contributed by atoms with Gasteiger partial charge in [0.1, 0.15) is 0 Å². The molecule has 1 atom stereocenters. The molecule has 5 rings (SSSR count). The number of allylic oxidation sites excluding steroid dienone is 3. The second-order valence-corrected chi connectivity index (χ2v) is 11.9. The Morgan fingerprint density at radius 1 is 1.05 bits per heavy atom. The lowest BCUT2D eigenvalue weighted by atomic mass is 9.88. The molecule has 0 saturated heterocycles. The fourth-order valence-electron chi connectivity index (χ4n) is 5.81. The zero-order valence-corrected chi connectivity index (χ0v) is 24.6. The Morgan fingerprint density at radius 3 is 2.53 bits per heavy atom. The van der Waals surface area contributed by atoms with Gasteiger partial charge in [0.2, 0.25) is 0 Å². The third-order valence-electron chi connectivity index (χ3n) is 8.60. The summed E-state index contributed by atoms with van der Waals surface area (Å²) < 4.78 is 44.3. The van der Waals surface area contributed by atoms with Crippen LogP contribution in [0.4, 0.5) is 13.2 Å². The largest absolute Gasteiger partial charge is 0.416 e. The van der Waals surface area contributed by atoms with Gasteiger partial charge in [0.05, 0.1) is 12.2 Å². The number of ether oxygens (including phenoxy) is 1. The topological polar surface area (TPSA) is 58.6 Å². The number of amides is 1. The molecule has 1 amide bonds. The van der Waals surface area contributed by atoms with E-state index in [0.717, 1.165) is 72.7 Å². The molecule has 1 heterocycles. The Bertz CT molecular complexity index is 1520. The molecule has 1 saturated carbocycles. The van der Waals surface area contributed by atoms with E-state index in [1.807, 2.05) is 25.1 Å². The SMILES string of the molecule is C=C1C=c2ccc(C(=O)NCCOCC3CC3)c(C)c2=CN1CC1CCC=C(C(=O)c2ccc(C(F)(F)F)cc2)CCC1. The highest BCUT2D eigenvalue weighted by Gasteiger charge is 2.30. The Balaban J connectivity index is 1.20. The molecule has 0 bridgehead atoms. The quantitative estimate of drug-likeness (QED) is 0.276. The maximum atomic E-state index is 13.0. The van der Waals surface area contributed by atoms with E-state index in [1.165, 1.54) is 25.0 Å². The van der Waals surface area contributed by atoms with Crippen LogP contribution in [0.3, 0.4) is 0 Å². The van der Waals surface area contributed by atoms with Crippen LogP contribution in [0, 0.1) is 18.8 Å². The molecule has 228 valence electrons. The van der Waals surface area contributed by atoms with Gasteiger partial charge in [-0.25, -0.2) is 0 Å². The second-order valence-electron chi connectivity index (χ2n) is 11.9. The third kappa shape index (κ3) is 7.85. The number of ketones is 1. The molecule has 1 aliphatic heterocycles. The first-order valence-electron chi connectivity index (χ1n) is 15.2. The molecule has 2 aliphatic carbocycles. The van der Waals surface area contributed by atoms with Crippen LogP contribution in [-0.4, -0.2) is 42.9 Å². The predicted molar refractivity (Wildman–Crippen MR) is 162 cm³/mol. The number of alkyl halides is 3. The Labute approximate surface area is 250 Å². The zero-order valence-electron chi connectivity index (χ0n) is 24.6. The van der Waals surface area contributed by atoms with Crippen molar-refractivity contribution in [3.63, 3.8) is 0 Å². The molecular formula is C35H39F3N2O3. The van der Waals surface area contributed by atoms with Gasteiger partial charge in [-0.15, -0.1) is 0 Å². The van der Waals surface area contributed by atoms with Gasteiger partial charge in [-0.05, 0) is 104 Å². The third-order valence-corrected chi connectivity index (χ3v) is 8.60.